The van der Waals surface area contributed by atoms with Gasteiger partial charge >= 0.3 is 0 Å². The summed E-state index contributed by atoms with van der Waals surface area (Å²) in [6, 6.07) is 11.9. The number of hydrogen-bond donors (Lipinski definition) is 2. The normalized spacial score (nSPS) is 15.8. The molecule has 2 aromatic rings. The molecule has 1 amide bonds. The summed E-state index contributed by atoms with van der Waals surface area (Å²) in [5.74, 6) is 0.0660. The van der Waals surface area contributed by atoms with Crippen molar-refractivity contribution < 1.29 is 15.0 Å². The number of phenols is 1. The average molecular weight is 403 g/mol. The van der Waals surface area contributed by atoms with Crippen molar-refractivity contribution in [3.05, 3.63) is 75.4 Å². The zero-order valence-electron chi connectivity index (χ0n) is 14.1. The Bertz CT molecular complexity index is 967. The molecule has 0 aromatic heterocycles. The van der Waals surface area contributed by atoms with Crippen LogP contribution in [0.5, 0.6) is 5.75 Å². The number of amides is 1. The highest BCUT2D eigenvalue weighted by Crippen LogP contribution is 2.26. The van der Waals surface area contributed by atoms with Crippen molar-refractivity contribution in [1.29, 1.82) is 0 Å². The van der Waals surface area contributed by atoms with Crippen molar-refractivity contribution in [2.75, 3.05) is 13.2 Å². The molecule has 138 valence electrons. The number of carbonyl (C=O) groups excluding carboxylic acids is 1. The largest absolute Gasteiger partial charge is 0.506 e. The summed E-state index contributed by atoms with van der Waals surface area (Å²) in [6.07, 6.45) is 5.07. The quantitative estimate of drug-likeness (QED) is 0.742. The molecule has 0 bridgehead atoms. The Hall–Kier alpha value is -2.60. The maximum atomic E-state index is 12.6. The summed E-state index contributed by atoms with van der Waals surface area (Å²) in [5.41, 5.74) is 1.72. The standard InChI is InChI=1S/C20H16Cl2N2O3/c21-15-3-1-2-13(10-15)5-7-19-23-17(20(27)24(19)8-9-25)12-14-4-6-18(26)16(22)11-14/h1-7,10-12,25-26H,8-9H2/b7-5+,17-12-. The highest BCUT2D eigenvalue weighted by molar-refractivity contribution is 6.32. The van der Waals surface area contributed by atoms with Crippen LogP contribution in [0.3, 0.4) is 0 Å². The molecule has 0 saturated carbocycles. The van der Waals surface area contributed by atoms with Crippen molar-refractivity contribution >= 4 is 47.1 Å². The number of benzene rings is 2. The number of β-amino-alcohol motifs (C(OH)–C–C–N with tert-alkyl or cyclic N) is 1. The van der Waals surface area contributed by atoms with E-state index >= 15 is 0 Å². The number of aliphatic hydroxyl groups excluding tert-OH is 1. The van der Waals surface area contributed by atoms with Gasteiger partial charge in [0.25, 0.3) is 5.91 Å². The SMILES string of the molecule is O=C1/C(=C/c2ccc(O)c(Cl)c2)N=C(/C=C/c2cccc(Cl)c2)N1CCO. The Morgan fingerprint density at radius 2 is 1.89 bits per heavy atom. The summed E-state index contributed by atoms with van der Waals surface area (Å²) in [5, 5.41) is 19.6. The van der Waals surface area contributed by atoms with E-state index < -0.39 is 0 Å². The maximum absolute atomic E-state index is 12.6. The first-order valence-corrected chi connectivity index (χ1v) is 8.89. The van der Waals surface area contributed by atoms with Crippen LogP contribution in [0.2, 0.25) is 10.0 Å². The highest BCUT2D eigenvalue weighted by Gasteiger charge is 2.28. The Kier molecular flexibility index (Phi) is 5.96. The van der Waals surface area contributed by atoms with Crippen molar-refractivity contribution in [1.82, 2.24) is 4.90 Å². The van der Waals surface area contributed by atoms with Gasteiger partial charge in [0.05, 0.1) is 18.2 Å². The Balaban J connectivity index is 1.92. The summed E-state index contributed by atoms with van der Waals surface area (Å²) < 4.78 is 0. The molecule has 5 nitrogen and oxygen atoms in total. The van der Waals surface area contributed by atoms with Crippen LogP contribution in [0.25, 0.3) is 12.2 Å². The predicted molar refractivity (Wildman–Crippen MR) is 108 cm³/mol. The molecule has 3 rings (SSSR count). The van der Waals surface area contributed by atoms with E-state index in [-0.39, 0.29) is 35.5 Å². The van der Waals surface area contributed by atoms with Crippen LogP contribution < -0.4 is 0 Å². The number of aliphatic hydroxyl groups is 1. The van der Waals surface area contributed by atoms with E-state index in [1.807, 2.05) is 12.1 Å². The first kappa shape index (κ1) is 19.2. The van der Waals surface area contributed by atoms with E-state index in [4.69, 9.17) is 23.2 Å². The number of hydrogen-bond acceptors (Lipinski definition) is 4. The summed E-state index contributed by atoms with van der Waals surface area (Å²) in [6.45, 7) is -0.0562. The fourth-order valence-corrected chi connectivity index (χ4v) is 2.95. The molecule has 0 aliphatic carbocycles. The van der Waals surface area contributed by atoms with Gasteiger partial charge in [0, 0.05) is 5.02 Å². The first-order chi connectivity index (χ1) is 13.0. The number of halogens is 2. The second-order valence-corrected chi connectivity index (χ2v) is 6.62. The lowest BCUT2D eigenvalue weighted by atomic mass is 10.2. The van der Waals surface area contributed by atoms with Crippen LogP contribution in [0, 0.1) is 0 Å². The van der Waals surface area contributed by atoms with E-state index in [1.54, 1.807) is 42.5 Å². The van der Waals surface area contributed by atoms with Gasteiger partial charge in [0.1, 0.15) is 17.3 Å². The second-order valence-electron chi connectivity index (χ2n) is 5.78. The fourth-order valence-electron chi connectivity index (χ4n) is 2.56. The van der Waals surface area contributed by atoms with E-state index in [0.717, 1.165) is 5.56 Å². The third kappa shape index (κ3) is 4.57. The second kappa shape index (κ2) is 8.39. The molecule has 7 heteroatoms. The maximum Gasteiger partial charge on any atom is 0.278 e. The highest BCUT2D eigenvalue weighted by atomic mass is 35.5. The van der Waals surface area contributed by atoms with Gasteiger partial charge in [-0.05, 0) is 47.5 Å². The average Bonchev–Trinajstić information content (AvgIpc) is 2.92. The molecule has 0 saturated heterocycles. The number of aromatic hydroxyl groups is 1. The van der Waals surface area contributed by atoms with Crippen LogP contribution in [-0.4, -0.2) is 40.0 Å². The smallest absolute Gasteiger partial charge is 0.278 e. The van der Waals surface area contributed by atoms with Gasteiger partial charge in [-0.2, -0.15) is 0 Å². The van der Waals surface area contributed by atoms with E-state index in [1.165, 1.54) is 11.0 Å². The third-order valence-electron chi connectivity index (χ3n) is 3.85. The lowest BCUT2D eigenvalue weighted by Crippen LogP contribution is -2.33. The molecule has 0 unspecified atom stereocenters. The molecular weight excluding hydrogens is 387 g/mol. The number of rotatable bonds is 5. The summed E-state index contributed by atoms with van der Waals surface area (Å²) >= 11 is 11.9. The van der Waals surface area contributed by atoms with Gasteiger partial charge in [-0.25, -0.2) is 4.99 Å². The molecule has 0 spiro atoms. The zero-order valence-corrected chi connectivity index (χ0v) is 15.7. The van der Waals surface area contributed by atoms with Crippen LogP contribution in [0.4, 0.5) is 0 Å². The number of amidine groups is 1. The minimum absolute atomic E-state index is 0.0351. The number of phenolic OH excluding ortho intramolecular Hbond substituents is 1. The molecule has 1 aliphatic heterocycles. The lowest BCUT2D eigenvalue weighted by Gasteiger charge is -2.14. The van der Waals surface area contributed by atoms with Crippen molar-refractivity contribution in [2.45, 2.75) is 0 Å². The molecule has 0 atom stereocenters. The lowest BCUT2D eigenvalue weighted by molar-refractivity contribution is -0.122. The Labute approximate surface area is 166 Å². The molecule has 1 heterocycles. The molecule has 2 aromatic carbocycles. The molecule has 0 fully saturated rings. The topological polar surface area (TPSA) is 73.1 Å². The van der Waals surface area contributed by atoms with Gasteiger partial charge in [-0.15, -0.1) is 0 Å². The fraction of sp³-hybridized carbons (Fsp3) is 0.100. The van der Waals surface area contributed by atoms with Crippen LogP contribution in [-0.2, 0) is 4.79 Å². The molecule has 0 radical (unpaired) electrons. The van der Waals surface area contributed by atoms with Gasteiger partial charge < -0.3 is 10.2 Å². The first-order valence-electron chi connectivity index (χ1n) is 8.13. The minimum Gasteiger partial charge on any atom is -0.506 e. The van der Waals surface area contributed by atoms with Gasteiger partial charge in [0.2, 0.25) is 0 Å². The van der Waals surface area contributed by atoms with Crippen molar-refractivity contribution in [3.8, 4) is 5.75 Å². The van der Waals surface area contributed by atoms with Gasteiger partial charge in [0.15, 0.2) is 0 Å². The number of nitrogens with zero attached hydrogens (tertiary/aromatic N) is 2. The van der Waals surface area contributed by atoms with E-state index in [9.17, 15) is 15.0 Å². The number of aliphatic imine (C=N–C) groups is 1. The van der Waals surface area contributed by atoms with Crippen LogP contribution in [0.15, 0.2) is 59.2 Å². The van der Waals surface area contributed by atoms with Crippen LogP contribution in [0.1, 0.15) is 11.1 Å². The van der Waals surface area contributed by atoms with E-state index in [0.29, 0.717) is 16.4 Å². The summed E-state index contributed by atoms with van der Waals surface area (Å²) in [7, 11) is 0. The molecule has 2 N–H and O–H groups in total. The van der Waals surface area contributed by atoms with Crippen LogP contribution >= 0.6 is 23.2 Å². The van der Waals surface area contributed by atoms with E-state index in [2.05, 4.69) is 4.99 Å². The minimum atomic E-state index is -0.320. The zero-order chi connectivity index (χ0) is 19.4. The molecular formula is C20H16Cl2N2O3. The van der Waals surface area contributed by atoms with Gasteiger partial charge in [-0.3, -0.25) is 9.69 Å². The van der Waals surface area contributed by atoms with Crippen molar-refractivity contribution in [3.63, 3.8) is 0 Å². The Morgan fingerprint density at radius 3 is 2.59 bits per heavy atom. The number of carbonyl (C=O) groups is 1. The Morgan fingerprint density at radius 1 is 1.07 bits per heavy atom. The molecule has 27 heavy (non-hydrogen) atoms. The molecule has 1 aliphatic rings. The van der Waals surface area contributed by atoms with Crippen molar-refractivity contribution in [2.24, 2.45) is 4.99 Å². The van der Waals surface area contributed by atoms with Gasteiger partial charge in [-0.1, -0.05) is 47.5 Å². The summed E-state index contributed by atoms with van der Waals surface area (Å²) in [4.78, 5) is 18.4. The third-order valence-corrected chi connectivity index (χ3v) is 4.39. The monoisotopic (exact) mass is 402 g/mol. The predicted octanol–water partition coefficient (Wildman–Crippen LogP) is 3.99.